The molecule has 0 aliphatic rings. The number of aliphatic hydroxyl groups is 1. The van der Waals surface area contributed by atoms with E-state index < -0.39 is 11.9 Å². The molecule has 0 aliphatic carbocycles. The highest BCUT2D eigenvalue weighted by molar-refractivity contribution is 7.16. The Morgan fingerprint density at radius 1 is 1.40 bits per heavy atom. The average molecular weight is 381 g/mol. The van der Waals surface area contributed by atoms with Gasteiger partial charge >= 0.3 is 0 Å². The molecule has 0 spiro atoms. The zero-order chi connectivity index (χ0) is 18.2. The van der Waals surface area contributed by atoms with Crippen molar-refractivity contribution in [2.75, 3.05) is 13.1 Å². The smallest absolute Gasteiger partial charge is 0.191 e. The van der Waals surface area contributed by atoms with E-state index in [1.54, 1.807) is 12.1 Å². The molecule has 0 amide bonds. The first-order valence-electron chi connectivity index (χ1n) is 7.67. The molecule has 2 aromatic rings. The lowest BCUT2D eigenvalue weighted by Gasteiger charge is -2.14. The normalized spacial score (nSPS) is 12.5. The number of aliphatic hydroxyl groups excluding tert-OH is 1. The Morgan fingerprint density at radius 3 is 2.84 bits per heavy atom. The molecule has 1 unspecified atom stereocenters. The van der Waals surface area contributed by atoms with E-state index in [0.717, 1.165) is 4.88 Å². The molecule has 0 saturated heterocycles. The molecule has 132 valence electrons. The fraction of sp³-hybridized carbons (Fsp3) is 0.294. The van der Waals surface area contributed by atoms with Gasteiger partial charge in [-0.25, -0.2) is 9.38 Å². The van der Waals surface area contributed by atoms with E-state index in [2.05, 4.69) is 15.6 Å². The number of benzene rings is 1. The second-order valence-electron chi connectivity index (χ2n) is 5.15. The van der Waals surface area contributed by atoms with Gasteiger partial charge in [-0.15, -0.1) is 11.3 Å². The molecule has 1 atom stereocenters. The van der Waals surface area contributed by atoms with Gasteiger partial charge in [0.1, 0.15) is 11.9 Å². The molecule has 0 saturated carbocycles. The molecule has 1 aromatic carbocycles. The van der Waals surface area contributed by atoms with Crippen LogP contribution in [-0.4, -0.2) is 24.2 Å². The highest BCUT2D eigenvalue weighted by Gasteiger charge is 2.11. The predicted octanol–water partition coefficient (Wildman–Crippen LogP) is 3.20. The third kappa shape index (κ3) is 5.71. The monoisotopic (exact) mass is 380 g/mol. The zero-order valence-corrected chi connectivity index (χ0v) is 15.2. The first-order chi connectivity index (χ1) is 12.0. The average Bonchev–Trinajstić information content (AvgIpc) is 3.05. The molecular weight excluding hydrogens is 363 g/mol. The summed E-state index contributed by atoms with van der Waals surface area (Å²) < 4.78 is 14.4. The van der Waals surface area contributed by atoms with Gasteiger partial charge in [-0.1, -0.05) is 11.6 Å². The quantitative estimate of drug-likeness (QED) is 0.531. The number of nitriles is 1. The van der Waals surface area contributed by atoms with Gasteiger partial charge in [0.15, 0.2) is 5.96 Å². The van der Waals surface area contributed by atoms with Crippen molar-refractivity contribution >= 4 is 28.9 Å². The fourth-order valence-corrected chi connectivity index (χ4v) is 3.12. The van der Waals surface area contributed by atoms with E-state index in [9.17, 15) is 9.50 Å². The summed E-state index contributed by atoms with van der Waals surface area (Å²) in [5.74, 6) is 0.0397. The maximum atomic E-state index is 13.8. The van der Waals surface area contributed by atoms with Crippen molar-refractivity contribution in [2.24, 2.45) is 4.99 Å². The Hall–Kier alpha value is -2.14. The molecular formula is C17H18ClFN4OS. The fourth-order valence-electron chi connectivity index (χ4n) is 2.07. The number of halogens is 2. The molecule has 3 N–H and O–H groups in total. The zero-order valence-electron chi connectivity index (χ0n) is 13.6. The summed E-state index contributed by atoms with van der Waals surface area (Å²) in [5.41, 5.74) is 0.719. The number of nitrogens with zero attached hydrogens (tertiary/aromatic N) is 2. The molecule has 5 nitrogen and oxygen atoms in total. The van der Waals surface area contributed by atoms with Crippen molar-refractivity contribution in [1.82, 2.24) is 10.6 Å². The number of guanidine groups is 1. The number of nitrogens with one attached hydrogen (secondary N) is 2. The van der Waals surface area contributed by atoms with Gasteiger partial charge < -0.3 is 15.7 Å². The lowest BCUT2D eigenvalue weighted by Crippen LogP contribution is -2.39. The molecule has 8 heteroatoms. The Bertz CT molecular complexity index is 787. The molecule has 0 radical (unpaired) electrons. The van der Waals surface area contributed by atoms with Crippen LogP contribution < -0.4 is 10.6 Å². The molecule has 0 bridgehead atoms. The topological polar surface area (TPSA) is 80.4 Å². The third-order valence-electron chi connectivity index (χ3n) is 3.31. The van der Waals surface area contributed by atoms with Gasteiger partial charge in [-0.3, -0.25) is 0 Å². The second kappa shape index (κ2) is 9.37. The Kier molecular flexibility index (Phi) is 7.19. The van der Waals surface area contributed by atoms with E-state index in [-0.39, 0.29) is 13.1 Å². The summed E-state index contributed by atoms with van der Waals surface area (Å²) in [7, 11) is 0. The molecule has 0 fully saturated rings. The van der Waals surface area contributed by atoms with Gasteiger partial charge in [-0.05, 0) is 37.3 Å². The lowest BCUT2D eigenvalue weighted by molar-refractivity contribution is 0.184. The minimum atomic E-state index is -0.722. The van der Waals surface area contributed by atoms with E-state index in [0.29, 0.717) is 28.0 Å². The van der Waals surface area contributed by atoms with Crippen LogP contribution in [0.15, 0.2) is 35.3 Å². The molecule has 25 heavy (non-hydrogen) atoms. The van der Waals surface area contributed by atoms with Crippen LogP contribution in [0.4, 0.5) is 4.39 Å². The van der Waals surface area contributed by atoms with Gasteiger partial charge in [-0.2, -0.15) is 5.26 Å². The summed E-state index contributed by atoms with van der Waals surface area (Å²) in [6, 6.07) is 9.64. The van der Waals surface area contributed by atoms with Gasteiger partial charge in [0.2, 0.25) is 0 Å². The van der Waals surface area contributed by atoms with Crippen molar-refractivity contribution in [3.05, 3.63) is 56.5 Å². The van der Waals surface area contributed by atoms with Crippen LogP contribution in [0, 0.1) is 17.1 Å². The number of thiophene rings is 1. The predicted molar refractivity (Wildman–Crippen MR) is 98.2 cm³/mol. The highest BCUT2D eigenvalue weighted by atomic mass is 35.5. The van der Waals surface area contributed by atoms with Crippen LogP contribution >= 0.6 is 22.9 Å². The van der Waals surface area contributed by atoms with Gasteiger partial charge in [0, 0.05) is 23.5 Å². The first kappa shape index (κ1) is 19.2. The van der Waals surface area contributed by atoms with E-state index in [1.165, 1.54) is 29.5 Å². The van der Waals surface area contributed by atoms with Crippen LogP contribution in [0.25, 0.3) is 0 Å². The van der Waals surface area contributed by atoms with Crippen molar-refractivity contribution in [1.29, 1.82) is 5.26 Å². The summed E-state index contributed by atoms with van der Waals surface area (Å²) in [6.45, 7) is 2.85. The molecule has 0 aliphatic heterocycles. The van der Waals surface area contributed by atoms with E-state index >= 15 is 0 Å². The van der Waals surface area contributed by atoms with Crippen molar-refractivity contribution in [3.63, 3.8) is 0 Å². The van der Waals surface area contributed by atoms with E-state index in [4.69, 9.17) is 16.9 Å². The Labute approximate surface area is 154 Å². The van der Waals surface area contributed by atoms with Crippen LogP contribution in [0.3, 0.4) is 0 Å². The first-order valence-corrected chi connectivity index (χ1v) is 8.87. The maximum Gasteiger partial charge on any atom is 0.191 e. The number of rotatable bonds is 6. The van der Waals surface area contributed by atoms with Crippen LogP contribution in [0.1, 0.15) is 29.0 Å². The summed E-state index contributed by atoms with van der Waals surface area (Å²) in [4.78, 5) is 5.05. The van der Waals surface area contributed by atoms with Crippen molar-refractivity contribution < 1.29 is 9.50 Å². The summed E-state index contributed by atoms with van der Waals surface area (Å²) in [6.07, 6.45) is -0.722. The largest absolute Gasteiger partial charge is 0.386 e. The minimum absolute atomic E-state index is 0.0810. The third-order valence-corrected chi connectivity index (χ3v) is 4.64. The second-order valence-corrected chi connectivity index (χ2v) is 6.90. The highest BCUT2D eigenvalue weighted by Crippen LogP contribution is 2.26. The van der Waals surface area contributed by atoms with Crippen molar-refractivity contribution in [3.8, 4) is 6.07 Å². The van der Waals surface area contributed by atoms with Crippen LogP contribution in [-0.2, 0) is 6.54 Å². The molecule has 1 heterocycles. The summed E-state index contributed by atoms with van der Waals surface area (Å²) in [5, 5.41) is 25.1. The summed E-state index contributed by atoms with van der Waals surface area (Å²) >= 11 is 7.18. The number of hydrogen-bond acceptors (Lipinski definition) is 4. The maximum absolute atomic E-state index is 13.8. The molecule has 2 rings (SSSR count). The number of hydrogen-bond donors (Lipinski definition) is 3. The van der Waals surface area contributed by atoms with Crippen LogP contribution in [0.5, 0.6) is 0 Å². The lowest BCUT2D eigenvalue weighted by atomic mass is 10.1. The standard InChI is InChI=1S/C17H18ClFN4OS/c1-2-21-17(23-10-14(24)15-5-6-16(18)25-15)22-9-12-7-11(8-20)3-4-13(12)19/h3-7,14,24H,2,9-10H2,1H3,(H2,21,22,23). The number of aliphatic imine (C=N–C) groups is 1. The molecule has 1 aromatic heterocycles. The van der Waals surface area contributed by atoms with Gasteiger partial charge in [0.25, 0.3) is 0 Å². The van der Waals surface area contributed by atoms with Crippen LogP contribution in [0.2, 0.25) is 4.34 Å². The Morgan fingerprint density at radius 2 is 2.20 bits per heavy atom. The minimum Gasteiger partial charge on any atom is -0.386 e. The Balaban J connectivity index is 2.02. The van der Waals surface area contributed by atoms with Gasteiger partial charge in [0.05, 0.1) is 22.5 Å². The van der Waals surface area contributed by atoms with E-state index in [1.807, 2.05) is 13.0 Å². The van der Waals surface area contributed by atoms with Crippen molar-refractivity contribution in [2.45, 2.75) is 19.6 Å². The SMILES string of the molecule is CCNC(=NCc1cc(C#N)ccc1F)NCC(O)c1ccc(Cl)s1.